The SMILES string of the molecule is CC(N)c1ccc(-n2cc(C(F)(F)F)cn2)cn1. The van der Waals surface area contributed by atoms with Crippen molar-refractivity contribution in [3.63, 3.8) is 0 Å². The number of nitrogens with two attached hydrogens (primary N) is 1. The second-order valence-corrected chi connectivity index (χ2v) is 3.90. The maximum atomic E-state index is 12.4. The Hall–Kier alpha value is -1.89. The second kappa shape index (κ2) is 4.41. The summed E-state index contributed by atoms with van der Waals surface area (Å²) in [6, 6.07) is 3.07. The Bertz CT molecular complexity index is 528. The topological polar surface area (TPSA) is 56.7 Å². The van der Waals surface area contributed by atoms with Gasteiger partial charge in [-0.25, -0.2) is 4.68 Å². The summed E-state index contributed by atoms with van der Waals surface area (Å²) in [5.41, 5.74) is 5.96. The molecule has 18 heavy (non-hydrogen) atoms. The van der Waals surface area contributed by atoms with E-state index in [4.69, 9.17) is 5.73 Å². The van der Waals surface area contributed by atoms with Crippen molar-refractivity contribution >= 4 is 0 Å². The molecule has 0 saturated carbocycles. The highest BCUT2D eigenvalue weighted by Crippen LogP contribution is 2.29. The van der Waals surface area contributed by atoms with Crippen LogP contribution in [0.1, 0.15) is 24.2 Å². The molecule has 1 atom stereocenters. The maximum absolute atomic E-state index is 12.4. The molecule has 1 unspecified atom stereocenters. The van der Waals surface area contributed by atoms with Crippen LogP contribution in [-0.2, 0) is 6.18 Å². The van der Waals surface area contributed by atoms with Gasteiger partial charge >= 0.3 is 6.18 Å². The van der Waals surface area contributed by atoms with E-state index in [-0.39, 0.29) is 6.04 Å². The van der Waals surface area contributed by atoms with Gasteiger partial charge in [0.1, 0.15) is 0 Å². The normalized spacial score (nSPS) is 13.6. The van der Waals surface area contributed by atoms with E-state index >= 15 is 0 Å². The van der Waals surface area contributed by atoms with Gasteiger partial charge in [0, 0.05) is 12.2 Å². The summed E-state index contributed by atoms with van der Waals surface area (Å²) < 4.78 is 38.3. The van der Waals surface area contributed by atoms with Crippen LogP contribution in [0.15, 0.2) is 30.7 Å². The molecule has 0 aliphatic heterocycles. The van der Waals surface area contributed by atoms with Crippen LogP contribution in [0, 0.1) is 0 Å². The zero-order chi connectivity index (χ0) is 13.3. The molecule has 2 aromatic heterocycles. The van der Waals surface area contributed by atoms with E-state index in [9.17, 15) is 13.2 Å². The zero-order valence-electron chi connectivity index (χ0n) is 9.52. The van der Waals surface area contributed by atoms with Crippen LogP contribution in [0.2, 0.25) is 0 Å². The Morgan fingerprint density at radius 2 is 2.00 bits per heavy atom. The number of alkyl halides is 3. The molecule has 0 aliphatic rings. The third-order valence-corrected chi connectivity index (χ3v) is 2.41. The molecule has 0 radical (unpaired) electrons. The van der Waals surface area contributed by atoms with Crippen molar-refractivity contribution in [1.82, 2.24) is 14.8 Å². The number of hydrogen-bond acceptors (Lipinski definition) is 3. The minimum atomic E-state index is -4.39. The highest BCUT2D eigenvalue weighted by molar-refractivity contribution is 5.30. The van der Waals surface area contributed by atoms with E-state index in [0.717, 1.165) is 17.1 Å². The Morgan fingerprint density at radius 3 is 2.44 bits per heavy atom. The van der Waals surface area contributed by atoms with Crippen molar-refractivity contribution in [2.45, 2.75) is 19.1 Å². The quantitative estimate of drug-likeness (QED) is 0.897. The van der Waals surface area contributed by atoms with E-state index < -0.39 is 11.7 Å². The molecule has 2 N–H and O–H groups in total. The van der Waals surface area contributed by atoms with Gasteiger partial charge in [-0.05, 0) is 19.1 Å². The lowest BCUT2D eigenvalue weighted by Crippen LogP contribution is -2.07. The second-order valence-electron chi connectivity index (χ2n) is 3.90. The van der Waals surface area contributed by atoms with Gasteiger partial charge in [0.05, 0.1) is 29.3 Å². The highest BCUT2D eigenvalue weighted by Gasteiger charge is 2.32. The van der Waals surface area contributed by atoms with Crippen LogP contribution in [0.4, 0.5) is 13.2 Å². The fourth-order valence-electron chi connectivity index (χ4n) is 1.41. The van der Waals surface area contributed by atoms with Crippen LogP contribution < -0.4 is 5.73 Å². The van der Waals surface area contributed by atoms with Crippen molar-refractivity contribution in [2.75, 3.05) is 0 Å². The van der Waals surface area contributed by atoms with Crippen LogP contribution in [0.25, 0.3) is 5.69 Å². The molecule has 0 amide bonds. The molecule has 0 saturated heterocycles. The highest BCUT2D eigenvalue weighted by atomic mass is 19.4. The zero-order valence-corrected chi connectivity index (χ0v) is 9.52. The number of hydrogen-bond donors (Lipinski definition) is 1. The fourth-order valence-corrected chi connectivity index (χ4v) is 1.41. The lowest BCUT2D eigenvalue weighted by Gasteiger charge is -2.06. The molecule has 0 spiro atoms. The van der Waals surface area contributed by atoms with Gasteiger partial charge in [0.15, 0.2) is 0 Å². The Balaban J connectivity index is 2.29. The smallest absolute Gasteiger partial charge is 0.323 e. The predicted octanol–water partition coefficient (Wildman–Crippen LogP) is 2.31. The lowest BCUT2D eigenvalue weighted by molar-refractivity contribution is -0.137. The summed E-state index contributed by atoms with van der Waals surface area (Å²) in [5.74, 6) is 0. The van der Waals surface area contributed by atoms with Crippen LogP contribution in [0.3, 0.4) is 0 Å². The summed E-state index contributed by atoms with van der Waals surface area (Å²) in [6.45, 7) is 1.78. The molecule has 7 heteroatoms. The number of nitrogens with zero attached hydrogens (tertiary/aromatic N) is 3. The van der Waals surface area contributed by atoms with Gasteiger partial charge in [-0.3, -0.25) is 4.98 Å². The van der Waals surface area contributed by atoms with E-state index in [0.29, 0.717) is 11.4 Å². The van der Waals surface area contributed by atoms with Crippen molar-refractivity contribution in [1.29, 1.82) is 0 Å². The monoisotopic (exact) mass is 256 g/mol. The summed E-state index contributed by atoms with van der Waals surface area (Å²) in [6.07, 6.45) is -1.26. The van der Waals surface area contributed by atoms with Crippen LogP contribution in [0.5, 0.6) is 0 Å². The molecule has 96 valence electrons. The Morgan fingerprint density at radius 1 is 1.28 bits per heavy atom. The average Bonchev–Trinajstić information content (AvgIpc) is 2.78. The van der Waals surface area contributed by atoms with E-state index in [1.165, 1.54) is 6.20 Å². The average molecular weight is 256 g/mol. The first-order chi connectivity index (χ1) is 8.38. The van der Waals surface area contributed by atoms with E-state index in [2.05, 4.69) is 10.1 Å². The summed E-state index contributed by atoms with van der Waals surface area (Å²) >= 11 is 0. The standard InChI is InChI=1S/C11H11F3N4/c1-7(15)10-3-2-9(5-16-10)18-6-8(4-17-18)11(12,13)14/h2-7H,15H2,1H3. The van der Waals surface area contributed by atoms with E-state index in [1.807, 2.05) is 0 Å². The molecule has 0 aromatic carbocycles. The van der Waals surface area contributed by atoms with Crippen molar-refractivity contribution in [2.24, 2.45) is 5.73 Å². The molecule has 2 heterocycles. The molecule has 0 fully saturated rings. The summed E-state index contributed by atoms with van der Waals surface area (Å²) in [5, 5.41) is 3.65. The van der Waals surface area contributed by atoms with Gasteiger partial charge in [-0.15, -0.1) is 0 Å². The van der Waals surface area contributed by atoms with Crippen LogP contribution >= 0.6 is 0 Å². The van der Waals surface area contributed by atoms with Gasteiger partial charge in [-0.1, -0.05) is 0 Å². The summed E-state index contributed by atoms with van der Waals surface area (Å²) in [7, 11) is 0. The van der Waals surface area contributed by atoms with Crippen molar-refractivity contribution in [3.8, 4) is 5.69 Å². The first kappa shape index (κ1) is 12.6. The largest absolute Gasteiger partial charge is 0.419 e. The fraction of sp³-hybridized carbons (Fsp3) is 0.273. The molecule has 0 bridgehead atoms. The van der Waals surface area contributed by atoms with Gasteiger partial charge in [0.2, 0.25) is 0 Å². The first-order valence-corrected chi connectivity index (χ1v) is 5.21. The van der Waals surface area contributed by atoms with Crippen LogP contribution in [-0.4, -0.2) is 14.8 Å². The minimum absolute atomic E-state index is 0.220. The van der Waals surface area contributed by atoms with Crippen molar-refractivity contribution < 1.29 is 13.2 Å². The van der Waals surface area contributed by atoms with E-state index in [1.54, 1.807) is 19.1 Å². The summed E-state index contributed by atoms with van der Waals surface area (Å²) in [4.78, 5) is 4.06. The molecule has 0 aliphatic carbocycles. The van der Waals surface area contributed by atoms with Gasteiger partial charge in [0.25, 0.3) is 0 Å². The number of pyridine rings is 1. The molecule has 2 rings (SSSR count). The molecule has 2 aromatic rings. The number of aromatic nitrogens is 3. The Labute approximate surface area is 101 Å². The number of halogens is 3. The van der Waals surface area contributed by atoms with Gasteiger partial charge < -0.3 is 5.73 Å². The minimum Gasteiger partial charge on any atom is -0.323 e. The lowest BCUT2D eigenvalue weighted by atomic mass is 10.2. The third kappa shape index (κ3) is 2.51. The third-order valence-electron chi connectivity index (χ3n) is 2.41. The molecular formula is C11H11F3N4. The number of rotatable bonds is 2. The van der Waals surface area contributed by atoms with Gasteiger partial charge in [-0.2, -0.15) is 18.3 Å². The molecular weight excluding hydrogens is 245 g/mol. The van der Waals surface area contributed by atoms with Crippen molar-refractivity contribution in [3.05, 3.63) is 42.0 Å². The maximum Gasteiger partial charge on any atom is 0.419 e. The first-order valence-electron chi connectivity index (χ1n) is 5.21. The Kier molecular flexibility index (Phi) is 3.08. The predicted molar refractivity (Wildman–Crippen MR) is 59.0 cm³/mol. The molecule has 4 nitrogen and oxygen atoms in total.